The van der Waals surface area contributed by atoms with Gasteiger partial charge in [-0.1, -0.05) is 6.07 Å². The molecule has 0 aliphatic carbocycles. The number of furan rings is 1. The summed E-state index contributed by atoms with van der Waals surface area (Å²) in [4.78, 5) is 27.2. The molecule has 1 aliphatic rings. The van der Waals surface area contributed by atoms with Gasteiger partial charge in [-0.2, -0.15) is 5.10 Å². The Hall–Kier alpha value is -2.45. The fraction of sp³-hybridized carbons (Fsp3) is 0.389. The Kier molecular flexibility index (Phi) is 5.85. The summed E-state index contributed by atoms with van der Waals surface area (Å²) in [5.74, 6) is 0.260. The summed E-state index contributed by atoms with van der Waals surface area (Å²) in [6, 6.07) is 7.27. The Bertz CT molecular complexity index is 770. The van der Waals surface area contributed by atoms with E-state index in [0.29, 0.717) is 25.3 Å². The first-order valence-corrected chi connectivity index (χ1v) is 9.19. The summed E-state index contributed by atoms with van der Waals surface area (Å²) in [5.41, 5.74) is 0.848. The minimum atomic E-state index is -0.300. The first kappa shape index (κ1) is 18.3. The monoisotopic (exact) mass is 375 g/mol. The van der Waals surface area contributed by atoms with Crippen molar-refractivity contribution in [2.45, 2.75) is 19.4 Å². The Balaban J connectivity index is 1.80. The molecule has 1 aliphatic heterocycles. The third-order valence-corrected chi connectivity index (χ3v) is 5.10. The Morgan fingerprint density at radius 2 is 2.27 bits per heavy atom. The van der Waals surface area contributed by atoms with E-state index in [1.54, 1.807) is 30.8 Å². The van der Waals surface area contributed by atoms with Crippen LogP contribution < -0.4 is 0 Å². The van der Waals surface area contributed by atoms with Gasteiger partial charge in [0.1, 0.15) is 18.3 Å². The fourth-order valence-electron chi connectivity index (χ4n) is 2.82. The van der Waals surface area contributed by atoms with Crippen LogP contribution in [0.5, 0.6) is 0 Å². The first-order chi connectivity index (χ1) is 12.6. The number of thiophene rings is 1. The van der Waals surface area contributed by atoms with Gasteiger partial charge in [0.15, 0.2) is 0 Å². The molecule has 0 bridgehead atoms. The number of carbonyl (C=O) groups excluding carboxylic acids is 2. The SMILES string of the molecule is COCCN(CC(=O)N1N=C(c2cccs2)C[C@@H]1c1ccco1)C(C)=O. The van der Waals surface area contributed by atoms with Gasteiger partial charge in [0.25, 0.3) is 5.91 Å². The number of hydrogen-bond acceptors (Lipinski definition) is 6. The van der Waals surface area contributed by atoms with Crippen LogP contribution in [0.25, 0.3) is 0 Å². The summed E-state index contributed by atoms with van der Waals surface area (Å²) in [5, 5.41) is 7.96. The highest BCUT2D eigenvalue weighted by molar-refractivity contribution is 7.12. The van der Waals surface area contributed by atoms with E-state index in [2.05, 4.69) is 5.10 Å². The van der Waals surface area contributed by atoms with E-state index in [4.69, 9.17) is 9.15 Å². The van der Waals surface area contributed by atoms with Crippen LogP contribution in [0.15, 0.2) is 45.4 Å². The number of nitrogens with zero attached hydrogens (tertiary/aromatic N) is 3. The molecular formula is C18H21N3O4S. The van der Waals surface area contributed by atoms with Crippen molar-refractivity contribution in [1.29, 1.82) is 0 Å². The van der Waals surface area contributed by atoms with E-state index < -0.39 is 0 Å². The average Bonchev–Trinajstić information content (AvgIpc) is 3.37. The Labute approximate surface area is 155 Å². The third-order valence-electron chi connectivity index (χ3n) is 4.18. The predicted octanol–water partition coefficient (Wildman–Crippen LogP) is 2.51. The van der Waals surface area contributed by atoms with Gasteiger partial charge in [-0.05, 0) is 23.6 Å². The lowest BCUT2D eigenvalue weighted by molar-refractivity contribution is -0.141. The number of ether oxygens (including phenoxy) is 1. The molecule has 0 radical (unpaired) electrons. The third kappa shape index (κ3) is 4.03. The molecule has 0 fully saturated rings. The highest BCUT2D eigenvalue weighted by Gasteiger charge is 2.35. The number of hydrogen-bond donors (Lipinski definition) is 0. The van der Waals surface area contributed by atoms with E-state index >= 15 is 0 Å². The van der Waals surface area contributed by atoms with Gasteiger partial charge < -0.3 is 14.1 Å². The van der Waals surface area contributed by atoms with E-state index in [-0.39, 0.29) is 24.4 Å². The van der Waals surface area contributed by atoms with Crippen molar-refractivity contribution >= 4 is 28.9 Å². The normalized spacial score (nSPS) is 16.6. The molecule has 0 spiro atoms. The highest BCUT2D eigenvalue weighted by Crippen LogP contribution is 2.34. The van der Waals surface area contributed by atoms with Crippen molar-refractivity contribution < 1.29 is 18.7 Å². The van der Waals surface area contributed by atoms with E-state index in [1.165, 1.54) is 16.8 Å². The number of methoxy groups -OCH3 is 1. The molecular weight excluding hydrogens is 354 g/mol. The second kappa shape index (κ2) is 8.29. The van der Waals surface area contributed by atoms with Gasteiger partial charge in [-0.3, -0.25) is 9.59 Å². The van der Waals surface area contributed by atoms with Crippen LogP contribution in [0.2, 0.25) is 0 Å². The molecule has 0 N–H and O–H groups in total. The summed E-state index contributed by atoms with van der Waals surface area (Å²) in [6.45, 7) is 2.13. The molecule has 0 aromatic carbocycles. The fourth-order valence-corrected chi connectivity index (χ4v) is 3.54. The summed E-state index contributed by atoms with van der Waals surface area (Å²) in [7, 11) is 1.56. The summed E-state index contributed by atoms with van der Waals surface area (Å²) < 4.78 is 10.5. The second-order valence-electron chi connectivity index (χ2n) is 5.93. The molecule has 7 nitrogen and oxygen atoms in total. The van der Waals surface area contributed by atoms with Gasteiger partial charge in [0.2, 0.25) is 5.91 Å². The summed E-state index contributed by atoms with van der Waals surface area (Å²) in [6.07, 6.45) is 2.17. The summed E-state index contributed by atoms with van der Waals surface area (Å²) >= 11 is 1.58. The van der Waals surface area contributed by atoms with Crippen molar-refractivity contribution in [1.82, 2.24) is 9.91 Å². The predicted molar refractivity (Wildman–Crippen MR) is 97.9 cm³/mol. The maximum absolute atomic E-state index is 12.9. The smallest absolute Gasteiger partial charge is 0.262 e. The van der Waals surface area contributed by atoms with Crippen LogP contribution in [0.1, 0.15) is 30.0 Å². The Morgan fingerprint density at radius 1 is 1.42 bits per heavy atom. The van der Waals surface area contributed by atoms with Crippen LogP contribution in [0.4, 0.5) is 0 Å². The molecule has 0 saturated heterocycles. The zero-order valence-corrected chi connectivity index (χ0v) is 15.6. The largest absolute Gasteiger partial charge is 0.467 e. The maximum Gasteiger partial charge on any atom is 0.262 e. The van der Waals surface area contributed by atoms with E-state index in [9.17, 15) is 9.59 Å². The lowest BCUT2D eigenvalue weighted by Crippen LogP contribution is -2.41. The molecule has 0 saturated carbocycles. The standard InChI is InChI=1S/C18H21N3O4S/c1-13(22)20(7-9-24-2)12-18(23)21-15(16-5-3-8-25-16)11-14(19-21)17-6-4-10-26-17/h3-6,8,10,15H,7,9,11-12H2,1-2H3/t15-/m1/s1. The van der Waals surface area contributed by atoms with Gasteiger partial charge in [-0.25, -0.2) is 5.01 Å². The molecule has 2 aromatic heterocycles. The van der Waals surface area contributed by atoms with Gasteiger partial charge in [0.05, 0.1) is 23.5 Å². The van der Waals surface area contributed by atoms with Gasteiger partial charge in [0, 0.05) is 27.0 Å². The number of hydrazone groups is 1. The second-order valence-corrected chi connectivity index (χ2v) is 6.88. The lowest BCUT2D eigenvalue weighted by Gasteiger charge is -2.25. The zero-order chi connectivity index (χ0) is 18.5. The molecule has 0 unspecified atom stereocenters. The molecule has 3 rings (SSSR count). The number of carbonyl (C=O) groups is 2. The van der Waals surface area contributed by atoms with Crippen molar-refractivity contribution in [2.75, 3.05) is 26.8 Å². The van der Waals surface area contributed by atoms with Crippen molar-refractivity contribution in [3.05, 3.63) is 46.5 Å². The van der Waals surface area contributed by atoms with Crippen LogP contribution >= 0.6 is 11.3 Å². The van der Waals surface area contributed by atoms with Crippen LogP contribution in [-0.4, -0.2) is 54.2 Å². The lowest BCUT2D eigenvalue weighted by atomic mass is 10.1. The van der Waals surface area contributed by atoms with E-state index in [1.807, 2.05) is 23.6 Å². The Morgan fingerprint density at radius 3 is 2.88 bits per heavy atom. The minimum Gasteiger partial charge on any atom is -0.467 e. The first-order valence-electron chi connectivity index (χ1n) is 8.31. The van der Waals surface area contributed by atoms with Gasteiger partial charge in [-0.15, -0.1) is 11.3 Å². The quantitative estimate of drug-likeness (QED) is 0.745. The molecule has 2 aromatic rings. The van der Waals surface area contributed by atoms with Crippen molar-refractivity contribution in [3.8, 4) is 0 Å². The van der Waals surface area contributed by atoms with Crippen molar-refractivity contribution in [3.63, 3.8) is 0 Å². The molecule has 3 heterocycles. The average molecular weight is 375 g/mol. The van der Waals surface area contributed by atoms with Crippen LogP contribution in [0, 0.1) is 0 Å². The minimum absolute atomic E-state index is 0.0445. The van der Waals surface area contributed by atoms with Gasteiger partial charge >= 0.3 is 0 Å². The van der Waals surface area contributed by atoms with Crippen LogP contribution in [0.3, 0.4) is 0 Å². The molecule has 8 heteroatoms. The van der Waals surface area contributed by atoms with Crippen LogP contribution in [-0.2, 0) is 14.3 Å². The molecule has 138 valence electrons. The number of amides is 2. The van der Waals surface area contributed by atoms with E-state index in [0.717, 1.165) is 10.6 Å². The highest BCUT2D eigenvalue weighted by atomic mass is 32.1. The zero-order valence-electron chi connectivity index (χ0n) is 14.8. The molecule has 26 heavy (non-hydrogen) atoms. The molecule has 2 amide bonds. The number of rotatable bonds is 7. The maximum atomic E-state index is 12.9. The topological polar surface area (TPSA) is 75.3 Å². The van der Waals surface area contributed by atoms with Crippen molar-refractivity contribution in [2.24, 2.45) is 5.10 Å². The molecule has 1 atom stereocenters.